The van der Waals surface area contributed by atoms with Gasteiger partial charge in [-0.1, -0.05) is 61.8 Å². The van der Waals surface area contributed by atoms with E-state index in [-0.39, 0.29) is 18.5 Å². The lowest BCUT2D eigenvalue weighted by Crippen LogP contribution is -2.40. The molecule has 1 fully saturated rings. The normalized spacial score (nSPS) is 20.3. The Kier molecular flexibility index (Phi) is 4.56. The third-order valence-electron chi connectivity index (χ3n) is 4.68. The van der Waals surface area contributed by atoms with Crippen LogP contribution in [0.2, 0.25) is 5.02 Å². The van der Waals surface area contributed by atoms with Gasteiger partial charge in [0.25, 0.3) is 5.91 Å². The number of halogens is 1. The molecule has 0 unspecified atom stereocenters. The minimum atomic E-state index is -1.04. The predicted molar refractivity (Wildman–Crippen MR) is 98.4 cm³/mol. The summed E-state index contributed by atoms with van der Waals surface area (Å²) in [5.41, 5.74) is 1.79. The van der Waals surface area contributed by atoms with Gasteiger partial charge in [-0.05, 0) is 41.7 Å². The van der Waals surface area contributed by atoms with E-state index in [1.54, 1.807) is 19.1 Å². The second-order valence-electron chi connectivity index (χ2n) is 6.85. The third kappa shape index (κ3) is 3.27. The zero-order valence-corrected chi connectivity index (χ0v) is 15.3. The fraction of sp³-hybridized carbons (Fsp3) is 0.300. The second-order valence-corrected chi connectivity index (χ2v) is 7.29. The van der Waals surface area contributed by atoms with E-state index in [1.807, 2.05) is 36.4 Å². The van der Waals surface area contributed by atoms with Gasteiger partial charge in [0.1, 0.15) is 5.54 Å². The minimum Gasteiger partial charge on any atom is -0.319 e. The molecule has 1 saturated heterocycles. The number of hydrogen-bond acceptors (Lipinski definition) is 2. The molecule has 0 aromatic heterocycles. The summed E-state index contributed by atoms with van der Waals surface area (Å²) in [6, 6.07) is 14.6. The van der Waals surface area contributed by atoms with E-state index >= 15 is 0 Å². The van der Waals surface area contributed by atoms with Crippen molar-refractivity contribution < 1.29 is 9.59 Å². The van der Waals surface area contributed by atoms with Crippen LogP contribution in [0.5, 0.6) is 0 Å². The summed E-state index contributed by atoms with van der Waals surface area (Å²) in [4.78, 5) is 26.6. The van der Waals surface area contributed by atoms with Crippen LogP contribution in [0.15, 0.2) is 48.5 Å². The van der Waals surface area contributed by atoms with Crippen LogP contribution in [-0.4, -0.2) is 16.8 Å². The molecule has 130 valence electrons. The molecule has 1 N–H and O–H groups in total. The van der Waals surface area contributed by atoms with Crippen LogP contribution >= 0.6 is 11.6 Å². The number of amides is 3. The smallest absolute Gasteiger partial charge is 0.319 e. The Morgan fingerprint density at radius 3 is 2.20 bits per heavy atom. The predicted octanol–water partition coefficient (Wildman–Crippen LogP) is 4.43. The van der Waals surface area contributed by atoms with Crippen LogP contribution in [0.25, 0.3) is 0 Å². The van der Waals surface area contributed by atoms with Crippen molar-refractivity contribution in [3.05, 3.63) is 70.2 Å². The van der Waals surface area contributed by atoms with Gasteiger partial charge < -0.3 is 5.32 Å². The SMILES string of the molecule is CC(C)c1ccc([C@]2(C)NC(=O)N(Cc3ccc(Cl)cc3)C2=O)cc1. The van der Waals surface area contributed by atoms with Gasteiger partial charge in [-0.15, -0.1) is 0 Å². The van der Waals surface area contributed by atoms with E-state index in [4.69, 9.17) is 11.6 Å². The first kappa shape index (κ1) is 17.5. The monoisotopic (exact) mass is 356 g/mol. The Bertz CT molecular complexity index is 799. The molecule has 1 aliphatic rings. The second kappa shape index (κ2) is 6.52. The summed E-state index contributed by atoms with van der Waals surface area (Å²) >= 11 is 5.89. The van der Waals surface area contributed by atoms with Gasteiger partial charge >= 0.3 is 6.03 Å². The highest BCUT2D eigenvalue weighted by atomic mass is 35.5. The number of rotatable bonds is 4. The van der Waals surface area contributed by atoms with Crippen molar-refractivity contribution in [1.29, 1.82) is 0 Å². The highest BCUT2D eigenvalue weighted by Crippen LogP contribution is 2.31. The maximum absolute atomic E-state index is 12.9. The zero-order valence-electron chi connectivity index (χ0n) is 14.5. The topological polar surface area (TPSA) is 49.4 Å². The van der Waals surface area contributed by atoms with Crippen molar-refractivity contribution >= 4 is 23.5 Å². The highest BCUT2D eigenvalue weighted by Gasteiger charge is 2.48. The van der Waals surface area contributed by atoms with E-state index in [0.29, 0.717) is 10.9 Å². The van der Waals surface area contributed by atoms with Gasteiger partial charge in [0.2, 0.25) is 0 Å². The number of imide groups is 1. The van der Waals surface area contributed by atoms with Crippen LogP contribution in [0, 0.1) is 0 Å². The van der Waals surface area contributed by atoms with Crippen molar-refractivity contribution in [3.63, 3.8) is 0 Å². The van der Waals surface area contributed by atoms with Gasteiger partial charge in [-0.25, -0.2) is 4.79 Å². The molecule has 2 aromatic rings. The van der Waals surface area contributed by atoms with Gasteiger partial charge in [0.05, 0.1) is 6.54 Å². The molecule has 3 amide bonds. The summed E-state index contributed by atoms with van der Waals surface area (Å²) in [7, 11) is 0. The number of carbonyl (C=O) groups is 2. The molecule has 25 heavy (non-hydrogen) atoms. The standard InChI is InChI=1S/C20H21ClN2O2/c1-13(2)15-6-8-16(9-7-15)20(3)18(24)23(19(25)22-20)12-14-4-10-17(21)11-5-14/h4-11,13H,12H2,1-3H3,(H,22,25)/t20-/m0/s1. The van der Waals surface area contributed by atoms with Crippen molar-refractivity contribution in [2.24, 2.45) is 0 Å². The molecule has 0 aliphatic carbocycles. The lowest BCUT2D eigenvalue weighted by molar-refractivity contribution is -0.131. The lowest BCUT2D eigenvalue weighted by atomic mass is 9.90. The van der Waals surface area contributed by atoms with Gasteiger partial charge in [0.15, 0.2) is 0 Å². The van der Waals surface area contributed by atoms with E-state index in [0.717, 1.165) is 11.1 Å². The first-order valence-electron chi connectivity index (χ1n) is 8.30. The molecular weight excluding hydrogens is 336 g/mol. The number of nitrogens with zero attached hydrogens (tertiary/aromatic N) is 1. The number of hydrogen-bond donors (Lipinski definition) is 1. The van der Waals surface area contributed by atoms with Crippen LogP contribution in [0.1, 0.15) is 43.4 Å². The molecule has 0 saturated carbocycles. The number of urea groups is 1. The maximum atomic E-state index is 12.9. The average Bonchev–Trinajstić information content (AvgIpc) is 2.81. The Hall–Kier alpha value is -2.33. The highest BCUT2D eigenvalue weighted by molar-refractivity contribution is 6.30. The van der Waals surface area contributed by atoms with Crippen LogP contribution in [0.4, 0.5) is 4.79 Å². The van der Waals surface area contributed by atoms with Crippen LogP contribution < -0.4 is 5.32 Å². The number of benzene rings is 2. The summed E-state index contributed by atoms with van der Waals surface area (Å²) < 4.78 is 0. The molecule has 5 heteroatoms. The first-order chi connectivity index (χ1) is 11.8. The summed E-state index contributed by atoms with van der Waals surface area (Å²) in [6.45, 7) is 6.21. The third-order valence-corrected chi connectivity index (χ3v) is 4.94. The van der Waals surface area contributed by atoms with E-state index in [1.165, 1.54) is 10.5 Å². The van der Waals surface area contributed by atoms with Gasteiger partial charge in [-0.2, -0.15) is 0 Å². The fourth-order valence-corrected chi connectivity index (χ4v) is 3.14. The molecule has 1 aliphatic heterocycles. The minimum absolute atomic E-state index is 0.224. The van der Waals surface area contributed by atoms with Crippen molar-refractivity contribution in [2.75, 3.05) is 0 Å². The fourth-order valence-electron chi connectivity index (χ4n) is 3.01. The number of carbonyl (C=O) groups excluding carboxylic acids is 2. The molecule has 1 heterocycles. The molecule has 0 bridgehead atoms. The Morgan fingerprint density at radius 1 is 1.04 bits per heavy atom. The molecule has 4 nitrogen and oxygen atoms in total. The molecule has 3 rings (SSSR count). The van der Waals surface area contributed by atoms with E-state index in [2.05, 4.69) is 19.2 Å². The molecule has 0 radical (unpaired) electrons. The number of nitrogens with one attached hydrogen (secondary N) is 1. The summed E-state index contributed by atoms with van der Waals surface area (Å²) in [5, 5.41) is 3.46. The maximum Gasteiger partial charge on any atom is 0.325 e. The van der Waals surface area contributed by atoms with Gasteiger partial charge in [0, 0.05) is 5.02 Å². The van der Waals surface area contributed by atoms with Crippen molar-refractivity contribution in [3.8, 4) is 0 Å². The van der Waals surface area contributed by atoms with Gasteiger partial charge in [-0.3, -0.25) is 9.69 Å². The average molecular weight is 357 g/mol. The van der Waals surface area contributed by atoms with Crippen molar-refractivity contribution in [1.82, 2.24) is 10.2 Å². The Labute approximate surface area is 152 Å². The molecule has 0 spiro atoms. The molecule has 1 atom stereocenters. The Morgan fingerprint density at radius 2 is 1.64 bits per heavy atom. The summed E-state index contributed by atoms with van der Waals surface area (Å²) in [5.74, 6) is 0.168. The first-order valence-corrected chi connectivity index (χ1v) is 8.68. The van der Waals surface area contributed by atoms with Crippen molar-refractivity contribution in [2.45, 2.75) is 38.8 Å². The largest absolute Gasteiger partial charge is 0.325 e. The van der Waals surface area contributed by atoms with E-state index < -0.39 is 5.54 Å². The molecule has 2 aromatic carbocycles. The quantitative estimate of drug-likeness (QED) is 0.824. The Balaban J connectivity index is 1.85. The zero-order chi connectivity index (χ0) is 18.2. The lowest BCUT2D eigenvalue weighted by Gasteiger charge is -2.23. The molecular formula is C20H21ClN2O2. The van der Waals surface area contributed by atoms with E-state index in [9.17, 15) is 9.59 Å². The van der Waals surface area contributed by atoms with Crippen LogP contribution in [0.3, 0.4) is 0 Å². The van der Waals surface area contributed by atoms with Crippen LogP contribution in [-0.2, 0) is 16.9 Å². The summed E-state index contributed by atoms with van der Waals surface area (Å²) in [6.07, 6.45) is 0.